The van der Waals surface area contributed by atoms with Gasteiger partial charge < -0.3 is 10.4 Å². The Morgan fingerprint density at radius 2 is 2.18 bits per heavy atom. The first-order valence-corrected chi connectivity index (χ1v) is 5.29. The average molecular weight is 177 g/mol. The van der Waals surface area contributed by atoms with Crippen LogP contribution in [0.15, 0.2) is 0 Å². The largest absolute Gasteiger partial charge is 0.395 e. The van der Waals surface area contributed by atoms with Crippen molar-refractivity contribution in [1.29, 1.82) is 0 Å². The topological polar surface area (TPSA) is 32.3 Å². The van der Waals surface area contributed by atoms with Gasteiger partial charge in [-0.1, -0.05) is 13.8 Å². The van der Waals surface area contributed by atoms with E-state index in [9.17, 15) is 0 Å². The second kappa shape index (κ2) is 8.37. The van der Waals surface area contributed by atoms with Crippen LogP contribution in [-0.2, 0) is 0 Å². The van der Waals surface area contributed by atoms with Crippen LogP contribution in [0.1, 0.15) is 20.3 Å². The predicted molar refractivity (Wildman–Crippen MR) is 52.2 cm³/mol. The van der Waals surface area contributed by atoms with Crippen molar-refractivity contribution in [1.82, 2.24) is 5.32 Å². The van der Waals surface area contributed by atoms with Gasteiger partial charge in [0.2, 0.25) is 0 Å². The molecule has 11 heavy (non-hydrogen) atoms. The van der Waals surface area contributed by atoms with Gasteiger partial charge in [0.05, 0.1) is 6.61 Å². The Labute approximate surface area is 73.8 Å². The SMILES string of the molecule is CCCNCCSC(C)CO. The quantitative estimate of drug-likeness (QED) is 0.571. The van der Waals surface area contributed by atoms with Crippen LogP contribution in [0.25, 0.3) is 0 Å². The van der Waals surface area contributed by atoms with Gasteiger partial charge in [0.15, 0.2) is 0 Å². The molecule has 0 aromatic heterocycles. The zero-order valence-corrected chi connectivity index (χ0v) is 8.28. The molecule has 0 aromatic rings. The molecular weight excluding hydrogens is 158 g/mol. The van der Waals surface area contributed by atoms with Crippen LogP contribution < -0.4 is 5.32 Å². The van der Waals surface area contributed by atoms with Crippen LogP contribution in [0.3, 0.4) is 0 Å². The van der Waals surface area contributed by atoms with Crippen molar-refractivity contribution in [3.63, 3.8) is 0 Å². The van der Waals surface area contributed by atoms with Gasteiger partial charge in [0.1, 0.15) is 0 Å². The van der Waals surface area contributed by atoms with Crippen molar-refractivity contribution >= 4 is 11.8 Å². The summed E-state index contributed by atoms with van der Waals surface area (Å²) in [7, 11) is 0. The van der Waals surface area contributed by atoms with Crippen molar-refractivity contribution in [3.05, 3.63) is 0 Å². The number of aliphatic hydroxyl groups excluding tert-OH is 1. The molecule has 3 heteroatoms. The summed E-state index contributed by atoms with van der Waals surface area (Å²) in [5, 5.41) is 12.4. The summed E-state index contributed by atoms with van der Waals surface area (Å²) in [5.41, 5.74) is 0. The molecule has 0 aliphatic carbocycles. The minimum absolute atomic E-state index is 0.290. The van der Waals surface area contributed by atoms with Crippen LogP contribution in [0, 0.1) is 0 Å². The van der Waals surface area contributed by atoms with E-state index < -0.39 is 0 Å². The first-order chi connectivity index (χ1) is 5.31. The maximum atomic E-state index is 8.70. The van der Waals surface area contributed by atoms with E-state index in [-0.39, 0.29) is 0 Å². The highest BCUT2D eigenvalue weighted by Crippen LogP contribution is 2.07. The minimum atomic E-state index is 0.290. The van der Waals surface area contributed by atoms with Crippen LogP contribution in [0.5, 0.6) is 0 Å². The van der Waals surface area contributed by atoms with Crippen molar-refractivity contribution in [2.75, 3.05) is 25.4 Å². The average Bonchev–Trinajstić information content (AvgIpc) is 2.04. The summed E-state index contributed by atoms with van der Waals surface area (Å²) in [6, 6.07) is 0. The maximum absolute atomic E-state index is 8.70. The third-order valence-corrected chi connectivity index (χ3v) is 2.52. The molecule has 0 saturated carbocycles. The van der Waals surface area contributed by atoms with E-state index in [0.29, 0.717) is 11.9 Å². The van der Waals surface area contributed by atoms with E-state index in [1.165, 1.54) is 6.42 Å². The molecule has 68 valence electrons. The summed E-state index contributed by atoms with van der Waals surface area (Å²) >= 11 is 1.81. The van der Waals surface area contributed by atoms with Crippen LogP contribution in [-0.4, -0.2) is 35.8 Å². The number of hydrogen-bond acceptors (Lipinski definition) is 3. The van der Waals surface area contributed by atoms with Crippen molar-refractivity contribution in [2.45, 2.75) is 25.5 Å². The molecule has 0 fully saturated rings. The Kier molecular flexibility index (Phi) is 8.57. The molecule has 0 bridgehead atoms. The Morgan fingerprint density at radius 3 is 2.73 bits per heavy atom. The molecule has 0 aliphatic rings. The van der Waals surface area contributed by atoms with Crippen LogP contribution >= 0.6 is 11.8 Å². The number of nitrogens with one attached hydrogen (secondary N) is 1. The summed E-state index contributed by atoms with van der Waals surface area (Å²) in [6.07, 6.45) is 1.19. The Morgan fingerprint density at radius 1 is 1.45 bits per heavy atom. The molecule has 1 unspecified atom stereocenters. The molecule has 0 rings (SSSR count). The molecule has 0 amide bonds. The lowest BCUT2D eigenvalue weighted by molar-refractivity contribution is 0.300. The number of thioether (sulfide) groups is 1. The molecule has 0 radical (unpaired) electrons. The predicted octanol–water partition coefficient (Wildman–Crippen LogP) is 1.10. The van der Waals surface area contributed by atoms with E-state index in [1.54, 1.807) is 0 Å². The number of rotatable bonds is 7. The van der Waals surface area contributed by atoms with Gasteiger partial charge in [0, 0.05) is 17.5 Å². The summed E-state index contributed by atoms with van der Waals surface area (Å²) < 4.78 is 0. The monoisotopic (exact) mass is 177 g/mol. The smallest absolute Gasteiger partial charge is 0.0547 e. The van der Waals surface area contributed by atoms with E-state index in [1.807, 2.05) is 18.7 Å². The third-order valence-electron chi connectivity index (χ3n) is 1.37. The van der Waals surface area contributed by atoms with Crippen molar-refractivity contribution in [3.8, 4) is 0 Å². The maximum Gasteiger partial charge on any atom is 0.0547 e. The lowest BCUT2D eigenvalue weighted by Gasteiger charge is -2.07. The fraction of sp³-hybridized carbons (Fsp3) is 1.00. The van der Waals surface area contributed by atoms with Gasteiger partial charge in [-0.25, -0.2) is 0 Å². The molecular formula is C8H19NOS. The zero-order valence-electron chi connectivity index (χ0n) is 7.47. The van der Waals surface area contributed by atoms with Gasteiger partial charge in [0.25, 0.3) is 0 Å². The standard InChI is InChI=1S/C8H19NOS/c1-3-4-9-5-6-11-8(2)7-10/h8-10H,3-7H2,1-2H3. The van der Waals surface area contributed by atoms with Gasteiger partial charge in [-0.15, -0.1) is 0 Å². The van der Waals surface area contributed by atoms with Crippen molar-refractivity contribution in [2.24, 2.45) is 0 Å². The van der Waals surface area contributed by atoms with Gasteiger partial charge in [-0.3, -0.25) is 0 Å². The fourth-order valence-electron chi connectivity index (χ4n) is 0.687. The number of hydrogen-bond donors (Lipinski definition) is 2. The van der Waals surface area contributed by atoms with Crippen LogP contribution in [0.2, 0.25) is 0 Å². The highest BCUT2D eigenvalue weighted by molar-refractivity contribution is 7.99. The Hall–Kier alpha value is 0.270. The van der Waals surface area contributed by atoms with Crippen LogP contribution in [0.4, 0.5) is 0 Å². The highest BCUT2D eigenvalue weighted by Gasteiger charge is 1.97. The second-order valence-electron chi connectivity index (χ2n) is 2.61. The fourth-order valence-corrected chi connectivity index (χ4v) is 1.46. The molecule has 2 nitrogen and oxygen atoms in total. The molecule has 0 heterocycles. The van der Waals surface area contributed by atoms with E-state index in [2.05, 4.69) is 12.2 Å². The first-order valence-electron chi connectivity index (χ1n) is 4.24. The lowest BCUT2D eigenvalue weighted by atomic mass is 10.5. The van der Waals surface area contributed by atoms with Crippen molar-refractivity contribution < 1.29 is 5.11 Å². The third kappa shape index (κ3) is 8.17. The minimum Gasteiger partial charge on any atom is -0.395 e. The molecule has 2 N–H and O–H groups in total. The first kappa shape index (κ1) is 11.3. The normalized spacial score (nSPS) is 13.4. The van der Waals surface area contributed by atoms with E-state index in [4.69, 9.17) is 5.11 Å². The summed E-state index contributed by atoms with van der Waals surface area (Å²) in [5.74, 6) is 1.10. The highest BCUT2D eigenvalue weighted by atomic mass is 32.2. The van der Waals surface area contributed by atoms with Gasteiger partial charge in [-0.05, 0) is 13.0 Å². The van der Waals surface area contributed by atoms with E-state index in [0.717, 1.165) is 18.8 Å². The molecule has 0 aromatic carbocycles. The Bertz CT molecular complexity index is 80.5. The second-order valence-corrected chi connectivity index (χ2v) is 4.16. The molecule has 1 atom stereocenters. The van der Waals surface area contributed by atoms with Gasteiger partial charge in [-0.2, -0.15) is 11.8 Å². The van der Waals surface area contributed by atoms with E-state index >= 15 is 0 Å². The lowest BCUT2D eigenvalue weighted by Crippen LogP contribution is -2.19. The summed E-state index contributed by atoms with van der Waals surface area (Å²) in [4.78, 5) is 0. The molecule has 0 saturated heterocycles. The van der Waals surface area contributed by atoms with Gasteiger partial charge >= 0.3 is 0 Å². The molecule has 0 aliphatic heterocycles. The Balaban J connectivity index is 2.89. The number of aliphatic hydroxyl groups is 1. The molecule has 0 spiro atoms. The zero-order chi connectivity index (χ0) is 8.53. The summed E-state index contributed by atoms with van der Waals surface area (Å²) in [6.45, 7) is 6.66.